The van der Waals surface area contributed by atoms with Gasteiger partial charge in [-0.1, -0.05) is 11.6 Å². The van der Waals surface area contributed by atoms with Crippen molar-refractivity contribution >= 4 is 11.7 Å². The van der Waals surface area contributed by atoms with Crippen LogP contribution in [-0.2, 0) is 0 Å². The van der Waals surface area contributed by atoms with E-state index in [1.165, 1.54) is 11.6 Å². The molecule has 20 heavy (non-hydrogen) atoms. The molecule has 0 aliphatic carbocycles. The number of carbonyl (C=O) groups is 1. The normalized spacial score (nSPS) is 14.6. The molecule has 1 heterocycles. The van der Waals surface area contributed by atoms with Gasteiger partial charge >= 0.3 is 6.03 Å². The van der Waals surface area contributed by atoms with Gasteiger partial charge in [0.2, 0.25) is 0 Å². The Morgan fingerprint density at radius 2 is 2.20 bits per heavy atom. The molecule has 0 fully saturated rings. The van der Waals surface area contributed by atoms with Crippen molar-refractivity contribution in [3.8, 4) is 0 Å². The van der Waals surface area contributed by atoms with Crippen LogP contribution >= 0.6 is 0 Å². The van der Waals surface area contributed by atoms with Gasteiger partial charge in [-0.15, -0.1) is 0 Å². The standard InChI is InChI=1S/C14H17F2N3O/c15-11-1-2-13(12(16)9-11)19-14(20)18-8-5-10-3-6-17-7-4-10/h1-3,9,17H,4-8H2,(H2,18,19,20). The van der Waals surface area contributed by atoms with Crippen molar-refractivity contribution in [2.45, 2.75) is 12.8 Å². The molecule has 6 heteroatoms. The molecule has 0 atom stereocenters. The summed E-state index contributed by atoms with van der Waals surface area (Å²) in [5.41, 5.74) is 1.27. The first kappa shape index (κ1) is 14.5. The van der Waals surface area contributed by atoms with Gasteiger partial charge in [-0.3, -0.25) is 0 Å². The van der Waals surface area contributed by atoms with Crippen molar-refractivity contribution in [1.82, 2.24) is 10.6 Å². The first-order chi connectivity index (χ1) is 9.65. The summed E-state index contributed by atoms with van der Waals surface area (Å²) in [5.74, 6) is -1.47. The fourth-order valence-electron chi connectivity index (χ4n) is 1.99. The molecule has 0 saturated carbocycles. The largest absolute Gasteiger partial charge is 0.338 e. The Morgan fingerprint density at radius 1 is 1.35 bits per heavy atom. The first-order valence-corrected chi connectivity index (χ1v) is 6.53. The van der Waals surface area contributed by atoms with Crippen molar-refractivity contribution in [3.05, 3.63) is 41.5 Å². The molecule has 1 aliphatic heterocycles. The number of benzene rings is 1. The second kappa shape index (κ2) is 7.00. The lowest BCUT2D eigenvalue weighted by Gasteiger charge is -2.14. The number of hydrogen-bond acceptors (Lipinski definition) is 2. The molecule has 0 radical (unpaired) electrons. The summed E-state index contributed by atoms with van der Waals surface area (Å²) in [6.45, 7) is 2.31. The zero-order valence-electron chi connectivity index (χ0n) is 11.0. The van der Waals surface area contributed by atoms with Crippen LogP contribution in [0.25, 0.3) is 0 Å². The maximum atomic E-state index is 13.3. The second-order valence-electron chi connectivity index (χ2n) is 4.57. The molecule has 0 saturated heterocycles. The summed E-state index contributed by atoms with van der Waals surface area (Å²) in [6.07, 6.45) is 3.87. The zero-order chi connectivity index (χ0) is 14.4. The second-order valence-corrected chi connectivity index (χ2v) is 4.57. The predicted octanol–water partition coefficient (Wildman–Crippen LogP) is 2.40. The summed E-state index contributed by atoms with van der Waals surface area (Å²) >= 11 is 0. The Kier molecular flexibility index (Phi) is 5.06. The number of carbonyl (C=O) groups excluding carboxylic acids is 1. The van der Waals surface area contributed by atoms with E-state index in [4.69, 9.17) is 0 Å². The Balaban J connectivity index is 1.76. The van der Waals surface area contributed by atoms with E-state index < -0.39 is 17.7 Å². The van der Waals surface area contributed by atoms with Gasteiger partial charge < -0.3 is 16.0 Å². The quantitative estimate of drug-likeness (QED) is 0.742. The van der Waals surface area contributed by atoms with E-state index in [0.29, 0.717) is 6.54 Å². The van der Waals surface area contributed by atoms with Crippen LogP contribution in [-0.4, -0.2) is 25.7 Å². The van der Waals surface area contributed by atoms with E-state index in [9.17, 15) is 13.6 Å². The average Bonchev–Trinajstić information content (AvgIpc) is 2.43. The highest BCUT2D eigenvalue weighted by atomic mass is 19.1. The molecule has 1 aromatic rings. The lowest BCUT2D eigenvalue weighted by Crippen LogP contribution is -2.30. The molecular weight excluding hydrogens is 264 g/mol. The van der Waals surface area contributed by atoms with Gasteiger partial charge in [0.25, 0.3) is 0 Å². The highest BCUT2D eigenvalue weighted by molar-refractivity contribution is 5.89. The molecule has 0 unspecified atom stereocenters. The van der Waals surface area contributed by atoms with Crippen LogP contribution in [0.3, 0.4) is 0 Å². The van der Waals surface area contributed by atoms with Crippen LogP contribution in [0, 0.1) is 11.6 Å². The zero-order valence-corrected chi connectivity index (χ0v) is 11.0. The van der Waals surface area contributed by atoms with Crippen LogP contribution in [0.1, 0.15) is 12.8 Å². The summed E-state index contributed by atoms with van der Waals surface area (Å²) in [7, 11) is 0. The summed E-state index contributed by atoms with van der Waals surface area (Å²) < 4.78 is 26.0. The van der Waals surface area contributed by atoms with Gasteiger partial charge in [0, 0.05) is 19.2 Å². The van der Waals surface area contributed by atoms with Gasteiger partial charge in [0.05, 0.1) is 5.69 Å². The third-order valence-corrected chi connectivity index (χ3v) is 3.07. The molecule has 0 aromatic heterocycles. The minimum atomic E-state index is -0.791. The van der Waals surface area contributed by atoms with Crippen LogP contribution in [0.2, 0.25) is 0 Å². The summed E-state index contributed by atoms with van der Waals surface area (Å²) in [4.78, 5) is 11.6. The van der Waals surface area contributed by atoms with E-state index >= 15 is 0 Å². The highest BCUT2D eigenvalue weighted by Gasteiger charge is 2.08. The van der Waals surface area contributed by atoms with Gasteiger partial charge in [-0.05, 0) is 31.5 Å². The predicted molar refractivity (Wildman–Crippen MR) is 73.6 cm³/mol. The smallest absolute Gasteiger partial charge is 0.319 e. The van der Waals surface area contributed by atoms with Crippen LogP contribution in [0.4, 0.5) is 19.3 Å². The molecule has 1 aromatic carbocycles. The van der Waals surface area contributed by atoms with Gasteiger partial charge in [-0.25, -0.2) is 13.6 Å². The minimum Gasteiger partial charge on any atom is -0.338 e. The SMILES string of the molecule is O=C(NCCC1=CCNCC1)Nc1ccc(F)cc1F. The number of anilines is 1. The molecule has 4 nitrogen and oxygen atoms in total. The fraction of sp³-hybridized carbons (Fsp3) is 0.357. The van der Waals surface area contributed by atoms with Crippen LogP contribution in [0.15, 0.2) is 29.8 Å². The fourth-order valence-corrected chi connectivity index (χ4v) is 1.99. The molecule has 0 spiro atoms. The third kappa shape index (κ3) is 4.31. The molecule has 1 aliphatic rings. The van der Waals surface area contributed by atoms with Crippen LogP contribution < -0.4 is 16.0 Å². The Morgan fingerprint density at radius 3 is 2.90 bits per heavy atom. The molecular formula is C14H17F2N3O. The van der Waals surface area contributed by atoms with E-state index in [1.807, 2.05) is 0 Å². The van der Waals surface area contributed by atoms with Gasteiger partial charge in [-0.2, -0.15) is 0 Å². The van der Waals surface area contributed by atoms with Crippen molar-refractivity contribution in [2.75, 3.05) is 25.0 Å². The maximum absolute atomic E-state index is 13.3. The summed E-state index contributed by atoms with van der Waals surface area (Å²) in [6, 6.07) is 2.53. The highest BCUT2D eigenvalue weighted by Crippen LogP contribution is 2.14. The first-order valence-electron chi connectivity index (χ1n) is 6.53. The van der Waals surface area contributed by atoms with Gasteiger partial charge in [0.1, 0.15) is 11.6 Å². The monoisotopic (exact) mass is 281 g/mol. The number of urea groups is 1. The van der Waals surface area contributed by atoms with Crippen molar-refractivity contribution in [3.63, 3.8) is 0 Å². The number of halogens is 2. The molecule has 108 valence electrons. The molecule has 2 rings (SSSR count). The number of hydrogen-bond donors (Lipinski definition) is 3. The van der Waals surface area contributed by atoms with Crippen molar-refractivity contribution in [1.29, 1.82) is 0 Å². The Hall–Kier alpha value is -1.95. The average molecular weight is 281 g/mol. The molecule has 3 N–H and O–H groups in total. The Labute approximate surface area is 116 Å². The van der Waals surface area contributed by atoms with Gasteiger partial charge in [0.15, 0.2) is 0 Å². The van der Waals surface area contributed by atoms with E-state index in [-0.39, 0.29) is 5.69 Å². The molecule has 2 amide bonds. The van der Waals surface area contributed by atoms with Crippen LogP contribution in [0.5, 0.6) is 0 Å². The molecule has 0 bridgehead atoms. The van der Waals surface area contributed by atoms with E-state index in [2.05, 4.69) is 22.0 Å². The number of nitrogens with one attached hydrogen (secondary N) is 3. The number of rotatable bonds is 4. The maximum Gasteiger partial charge on any atom is 0.319 e. The van der Waals surface area contributed by atoms with Crippen molar-refractivity contribution in [2.24, 2.45) is 0 Å². The topological polar surface area (TPSA) is 53.2 Å². The van der Waals surface area contributed by atoms with E-state index in [0.717, 1.165) is 38.1 Å². The minimum absolute atomic E-state index is 0.0371. The third-order valence-electron chi connectivity index (χ3n) is 3.07. The summed E-state index contributed by atoms with van der Waals surface area (Å²) in [5, 5.41) is 8.21. The Bertz CT molecular complexity index is 517. The van der Waals surface area contributed by atoms with Crippen molar-refractivity contribution < 1.29 is 13.6 Å². The lowest BCUT2D eigenvalue weighted by molar-refractivity contribution is 0.252. The lowest BCUT2D eigenvalue weighted by atomic mass is 10.1. The van der Waals surface area contributed by atoms with E-state index in [1.54, 1.807) is 0 Å². The number of amides is 2.